The van der Waals surface area contributed by atoms with E-state index in [1.165, 1.54) is 13.2 Å². The van der Waals surface area contributed by atoms with E-state index in [-0.39, 0.29) is 12.4 Å². The van der Waals surface area contributed by atoms with E-state index in [4.69, 9.17) is 4.74 Å². The van der Waals surface area contributed by atoms with Gasteiger partial charge in [-0.05, 0) is 55.2 Å². The van der Waals surface area contributed by atoms with Crippen molar-refractivity contribution in [2.24, 2.45) is 0 Å². The lowest BCUT2D eigenvalue weighted by Gasteiger charge is -2.19. The second-order valence-corrected chi connectivity index (χ2v) is 6.13. The number of amides is 1. The fraction of sp³-hybridized carbons (Fsp3) is 0.350. The molecule has 0 aliphatic rings. The maximum atomic E-state index is 13.4. The highest BCUT2D eigenvalue weighted by Gasteiger charge is 2.35. The van der Waals surface area contributed by atoms with Crippen LogP contribution in [0.4, 0.5) is 23.7 Å². The third-order valence-corrected chi connectivity index (χ3v) is 4.35. The van der Waals surface area contributed by atoms with E-state index < -0.39 is 17.8 Å². The van der Waals surface area contributed by atoms with Crippen LogP contribution in [0.5, 0.6) is 5.75 Å². The lowest BCUT2D eigenvalue weighted by Crippen LogP contribution is -2.15. The summed E-state index contributed by atoms with van der Waals surface area (Å²) >= 11 is 0. The first kappa shape index (κ1) is 20.6. The van der Waals surface area contributed by atoms with Gasteiger partial charge in [-0.1, -0.05) is 19.1 Å². The fourth-order valence-electron chi connectivity index (χ4n) is 2.70. The first-order chi connectivity index (χ1) is 12.7. The summed E-state index contributed by atoms with van der Waals surface area (Å²) in [5, 5.41) is 2.57. The summed E-state index contributed by atoms with van der Waals surface area (Å²) < 4.78 is 50.3. The van der Waals surface area contributed by atoms with Crippen LogP contribution in [0.3, 0.4) is 0 Å². The number of aryl methyl sites for hydroxylation is 3. The van der Waals surface area contributed by atoms with Crippen LogP contribution < -0.4 is 10.1 Å². The van der Waals surface area contributed by atoms with Crippen molar-refractivity contribution in [3.63, 3.8) is 0 Å². The Morgan fingerprint density at radius 2 is 1.81 bits per heavy atom. The molecule has 27 heavy (non-hydrogen) atoms. The van der Waals surface area contributed by atoms with Crippen molar-refractivity contribution in [2.75, 3.05) is 12.4 Å². The van der Waals surface area contributed by atoms with Gasteiger partial charge in [0.2, 0.25) is 0 Å². The van der Waals surface area contributed by atoms with Gasteiger partial charge in [0.1, 0.15) is 12.4 Å². The van der Waals surface area contributed by atoms with E-state index in [1.807, 2.05) is 13.0 Å². The number of hydrogen-bond donors (Lipinski definition) is 1. The Labute approximate surface area is 156 Å². The molecule has 0 heterocycles. The summed E-state index contributed by atoms with van der Waals surface area (Å²) in [5.41, 5.74) is 2.34. The quantitative estimate of drug-likeness (QED) is 0.729. The molecule has 0 fully saturated rings. The Morgan fingerprint density at radius 3 is 2.41 bits per heavy atom. The average Bonchev–Trinajstić information content (AvgIpc) is 2.61. The van der Waals surface area contributed by atoms with Gasteiger partial charge in [-0.15, -0.1) is 0 Å². The van der Waals surface area contributed by atoms with Crippen molar-refractivity contribution >= 4 is 11.8 Å². The maximum Gasteiger partial charge on any atom is 0.419 e. The molecule has 0 aromatic heterocycles. The normalized spacial score (nSPS) is 11.2. The van der Waals surface area contributed by atoms with Gasteiger partial charge in [0, 0.05) is 5.56 Å². The van der Waals surface area contributed by atoms with E-state index in [9.17, 15) is 18.0 Å². The van der Waals surface area contributed by atoms with Crippen molar-refractivity contribution in [1.82, 2.24) is 0 Å². The van der Waals surface area contributed by atoms with Gasteiger partial charge in [-0.2, -0.15) is 13.2 Å². The third kappa shape index (κ3) is 4.93. The Morgan fingerprint density at radius 1 is 1.15 bits per heavy atom. The fourth-order valence-corrected chi connectivity index (χ4v) is 2.70. The number of ether oxygens (including phenoxy) is 2. The lowest BCUT2D eigenvalue weighted by molar-refractivity contribution is -0.139. The van der Waals surface area contributed by atoms with Crippen LogP contribution in [0.15, 0.2) is 30.3 Å². The number of carbonyl (C=O) groups excluding carboxylic acids is 1. The molecule has 7 heteroatoms. The number of rotatable bonds is 5. The molecule has 1 amide bonds. The Kier molecular flexibility index (Phi) is 6.36. The summed E-state index contributed by atoms with van der Waals surface area (Å²) in [6, 6.07) is 7.72. The smallest absolute Gasteiger partial charge is 0.419 e. The number of nitrogens with one attached hydrogen (secondary N) is 1. The molecule has 2 aromatic carbocycles. The van der Waals surface area contributed by atoms with Gasteiger partial charge >= 0.3 is 12.3 Å². The van der Waals surface area contributed by atoms with Crippen LogP contribution in [0, 0.1) is 13.8 Å². The van der Waals surface area contributed by atoms with Crippen molar-refractivity contribution in [2.45, 2.75) is 40.0 Å². The highest BCUT2D eigenvalue weighted by atomic mass is 19.4. The van der Waals surface area contributed by atoms with Crippen LogP contribution in [0.1, 0.15) is 34.7 Å². The summed E-state index contributed by atoms with van der Waals surface area (Å²) in [7, 11) is 1.24. The minimum Gasteiger partial charge on any atom is -0.488 e. The van der Waals surface area contributed by atoms with Gasteiger partial charge in [0.05, 0.1) is 18.4 Å². The standard InChI is InChI=1S/C20H22F3NO3/c1-5-14-7-6-8-17(24-19(25)26-4)15(14)11-27-18-10-13(3)12(2)9-16(18)20(21,22)23/h6-10H,5,11H2,1-4H3,(H,24,25). The van der Waals surface area contributed by atoms with E-state index in [0.29, 0.717) is 28.8 Å². The molecule has 0 aliphatic carbocycles. The van der Waals surface area contributed by atoms with Gasteiger partial charge in [-0.25, -0.2) is 4.79 Å². The SMILES string of the molecule is CCc1cccc(NC(=O)OC)c1COc1cc(C)c(C)cc1C(F)(F)F. The molecule has 2 rings (SSSR count). The number of anilines is 1. The van der Waals surface area contributed by atoms with Crippen LogP contribution >= 0.6 is 0 Å². The molecule has 0 aliphatic heterocycles. The Bertz CT molecular complexity index is 832. The van der Waals surface area contributed by atoms with Crippen molar-refractivity contribution in [3.8, 4) is 5.75 Å². The topological polar surface area (TPSA) is 47.6 Å². The minimum atomic E-state index is -4.52. The maximum absolute atomic E-state index is 13.4. The lowest BCUT2D eigenvalue weighted by atomic mass is 10.0. The average molecular weight is 381 g/mol. The van der Waals surface area contributed by atoms with Crippen molar-refractivity contribution < 1.29 is 27.4 Å². The second-order valence-electron chi connectivity index (χ2n) is 6.13. The molecule has 0 bridgehead atoms. The Balaban J connectivity index is 2.39. The minimum absolute atomic E-state index is 0.116. The summed E-state index contributed by atoms with van der Waals surface area (Å²) in [6.45, 7) is 5.15. The number of benzene rings is 2. The molecular formula is C20H22F3NO3. The summed E-state index contributed by atoms with van der Waals surface area (Å²) in [4.78, 5) is 11.6. The monoisotopic (exact) mass is 381 g/mol. The summed E-state index contributed by atoms with van der Waals surface area (Å²) in [5.74, 6) is -0.236. The van der Waals surface area contributed by atoms with E-state index >= 15 is 0 Å². The van der Waals surface area contributed by atoms with E-state index in [2.05, 4.69) is 10.1 Å². The first-order valence-electron chi connectivity index (χ1n) is 8.44. The van der Waals surface area contributed by atoms with E-state index in [0.717, 1.165) is 11.6 Å². The van der Waals surface area contributed by atoms with Crippen molar-refractivity contribution in [1.29, 1.82) is 0 Å². The molecule has 146 valence electrons. The van der Waals surface area contributed by atoms with Crippen LogP contribution in [-0.2, 0) is 23.9 Å². The number of methoxy groups -OCH3 is 1. The molecule has 4 nitrogen and oxygen atoms in total. The number of hydrogen-bond acceptors (Lipinski definition) is 3. The van der Waals surface area contributed by atoms with Gasteiger partial charge in [0.15, 0.2) is 0 Å². The van der Waals surface area contributed by atoms with Gasteiger partial charge < -0.3 is 9.47 Å². The van der Waals surface area contributed by atoms with Crippen molar-refractivity contribution in [3.05, 3.63) is 58.1 Å². The molecule has 0 saturated carbocycles. The predicted molar refractivity (Wildman–Crippen MR) is 97.1 cm³/mol. The molecule has 0 unspecified atom stereocenters. The third-order valence-electron chi connectivity index (χ3n) is 4.35. The molecule has 2 aromatic rings. The molecule has 1 N–H and O–H groups in total. The zero-order chi connectivity index (χ0) is 20.2. The molecule has 0 spiro atoms. The first-order valence-corrected chi connectivity index (χ1v) is 8.44. The second kappa shape index (κ2) is 8.33. The molecule has 0 atom stereocenters. The highest BCUT2D eigenvalue weighted by molar-refractivity contribution is 5.85. The van der Waals surface area contributed by atoms with Gasteiger partial charge in [-0.3, -0.25) is 5.32 Å². The van der Waals surface area contributed by atoms with E-state index in [1.54, 1.807) is 26.0 Å². The molecule has 0 saturated heterocycles. The van der Waals surface area contributed by atoms with Gasteiger partial charge in [0.25, 0.3) is 0 Å². The predicted octanol–water partition coefficient (Wildman–Crippen LogP) is 5.64. The molecule has 0 radical (unpaired) electrons. The summed E-state index contributed by atoms with van der Waals surface area (Å²) in [6.07, 6.45) is -4.55. The Hall–Kier alpha value is -2.70. The number of halogens is 3. The van der Waals surface area contributed by atoms with Crippen LogP contribution in [-0.4, -0.2) is 13.2 Å². The zero-order valence-corrected chi connectivity index (χ0v) is 15.7. The highest BCUT2D eigenvalue weighted by Crippen LogP contribution is 2.38. The number of carbonyl (C=O) groups is 1. The zero-order valence-electron chi connectivity index (χ0n) is 15.7. The van der Waals surface area contributed by atoms with Crippen LogP contribution in [0.25, 0.3) is 0 Å². The molecular weight excluding hydrogens is 359 g/mol. The van der Waals surface area contributed by atoms with Crippen LogP contribution in [0.2, 0.25) is 0 Å². The number of alkyl halides is 3. The largest absolute Gasteiger partial charge is 0.488 e.